The van der Waals surface area contributed by atoms with Crippen LogP contribution in [-0.2, 0) is 9.53 Å². The Balaban J connectivity index is 1.86. The quantitative estimate of drug-likeness (QED) is 0.670. The number of carbonyl (C=O) groups is 1. The second-order valence-corrected chi connectivity index (χ2v) is 9.20. The number of aliphatic hydroxyl groups excluding tert-OH is 1. The summed E-state index contributed by atoms with van der Waals surface area (Å²) in [6.07, 6.45) is 5.04. The van der Waals surface area contributed by atoms with E-state index < -0.39 is 11.7 Å². The predicted molar refractivity (Wildman–Crippen MR) is 90.1 cm³/mol. The molecular formula is C20H28O4. The van der Waals surface area contributed by atoms with Crippen LogP contribution in [0.4, 0.5) is 0 Å². The smallest absolute Gasteiger partial charge is 0.334 e. The number of hydrogen-bond acceptors (Lipinski definition) is 4. The van der Waals surface area contributed by atoms with Crippen molar-refractivity contribution in [3.05, 3.63) is 22.8 Å². The minimum atomic E-state index is -1.11. The van der Waals surface area contributed by atoms with E-state index in [-0.39, 0.29) is 28.8 Å². The van der Waals surface area contributed by atoms with Gasteiger partial charge in [0.05, 0.1) is 11.7 Å². The fourth-order valence-corrected chi connectivity index (χ4v) is 6.15. The summed E-state index contributed by atoms with van der Waals surface area (Å²) >= 11 is 0. The maximum atomic E-state index is 11.9. The summed E-state index contributed by atoms with van der Waals surface area (Å²) < 4.78 is 5.50. The fraction of sp³-hybridized carbons (Fsp3) is 0.750. The first-order valence-corrected chi connectivity index (χ1v) is 9.14. The number of esters is 1. The van der Waals surface area contributed by atoms with Crippen LogP contribution in [0, 0.1) is 16.7 Å². The summed E-state index contributed by atoms with van der Waals surface area (Å²) in [6, 6.07) is 0. The Morgan fingerprint density at radius 3 is 2.67 bits per heavy atom. The van der Waals surface area contributed by atoms with Crippen molar-refractivity contribution in [2.75, 3.05) is 0 Å². The maximum absolute atomic E-state index is 11.9. The van der Waals surface area contributed by atoms with Crippen LogP contribution in [-0.4, -0.2) is 34.0 Å². The van der Waals surface area contributed by atoms with Crippen molar-refractivity contribution in [2.24, 2.45) is 16.7 Å². The molecule has 0 spiro atoms. The number of fused-ring (bicyclic) bond motifs is 4. The van der Waals surface area contributed by atoms with Crippen molar-refractivity contribution >= 4 is 5.97 Å². The van der Waals surface area contributed by atoms with E-state index in [1.165, 1.54) is 0 Å². The van der Waals surface area contributed by atoms with Crippen molar-refractivity contribution in [1.82, 2.24) is 0 Å². The van der Waals surface area contributed by atoms with Crippen molar-refractivity contribution in [3.8, 4) is 0 Å². The molecule has 2 N–H and O–H groups in total. The lowest BCUT2D eigenvalue weighted by molar-refractivity contribution is -0.188. The summed E-state index contributed by atoms with van der Waals surface area (Å²) in [5.41, 5.74) is 0.838. The van der Waals surface area contributed by atoms with Crippen LogP contribution in [0.2, 0.25) is 0 Å². The van der Waals surface area contributed by atoms with Gasteiger partial charge in [-0.3, -0.25) is 0 Å². The fourth-order valence-electron chi connectivity index (χ4n) is 6.15. The zero-order valence-electron chi connectivity index (χ0n) is 15.1. The van der Waals surface area contributed by atoms with Gasteiger partial charge in [-0.15, -0.1) is 0 Å². The first-order valence-electron chi connectivity index (χ1n) is 9.14. The normalized spacial score (nSPS) is 46.7. The Labute approximate surface area is 143 Å². The topological polar surface area (TPSA) is 66.8 Å². The lowest BCUT2D eigenvalue weighted by Crippen LogP contribution is -2.64. The van der Waals surface area contributed by atoms with Gasteiger partial charge in [0.15, 0.2) is 0 Å². The van der Waals surface area contributed by atoms with Crippen LogP contribution in [0.5, 0.6) is 0 Å². The Morgan fingerprint density at radius 2 is 1.96 bits per heavy atom. The number of aliphatic hydroxyl groups is 2. The predicted octanol–water partition coefficient (Wildman–Crippen LogP) is 2.89. The Morgan fingerprint density at radius 1 is 1.25 bits per heavy atom. The molecule has 0 bridgehead atoms. The van der Waals surface area contributed by atoms with Crippen LogP contribution in [0.3, 0.4) is 0 Å². The van der Waals surface area contributed by atoms with Gasteiger partial charge in [0.2, 0.25) is 0 Å². The molecule has 1 aliphatic heterocycles. The third-order valence-corrected chi connectivity index (χ3v) is 7.60. The number of ether oxygens (including phenoxy) is 1. The van der Waals surface area contributed by atoms with E-state index in [0.29, 0.717) is 24.0 Å². The summed E-state index contributed by atoms with van der Waals surface area (Å²) in [5, 5.41) is 22.7. The van der Waals surface area contributed by atoms with Crippen LogP contribution in [0.1, 0.15) is 59.8 Å². The molecule has 4 aliphatic rings. The van der Waals surface area contributed by atoms with Crippen LogP contribution < -0.4 is 0 Å². The molecule has 5 atom stereocenters. The minimum Gasteiger partial charge on any atom is -0.454 e. The SMILES string of the molecule is CC1=C2C=C3[C@@H](O)C[C@@H]4C(C)(C)CCC[C@@]4(C)[C@]3(O)C[C@H]2OC1=O. The Hall–Kier alpha value is -1.13. The van der Waals surface area contributed by atoms with Crippen molar-refractivity contribution in [3.63, 3.8) is 0 Å². The first kappa shape index (κ1) is 16.3. The second-order valence-electron chi connectivity index (χ2n) is 9.20. The third-order valence-electron chi connectivity index (χ3n) is 7.60. The number of carbonyl (C=O) groups excluding carboxylic acids is 1. The largest absolute Gasteiger partial charge is 0.454 e. The average molecular weight is 332 g/mol. The summed E-state index contributed by atoms with van der Waals surface area (Å²) in [6.45, 7) is 8.46. The van der Waals surface area contributed by atoms with Gasteiger partial charge < -0.3 is 14.9 Å². The van der Waals surface area contributed by atoms with Gasteiger partial charge >= 0.3 is 5.97 Å². The highest BCUT2D eigenvalue weighted by atomic mass is 16.5. The lowest BCUT2D eigenvalue weighted by Gasteiger charge is -2.63. The highest BCUT2D eigenvalue weighted by Crippen LogP contribution is 2.65. The highest BCUT2D eigenvalue weighted by Gasteiger charge is 2.65. The maximum Gasteiger partial charge on any atom is 0.334 e. The number of hydrogen-bond donors (Lipinski definition) is 2. The molecule has 4 heteroatoms. The van der Waals surface area contributed by atoms with Crippen LogP contribution in [0.15, 0.2) is 22.8 Å². The van der Waals surface area contributed by atoms with E-state index in [1.54, 1.807) is 6.92 Å². The number of rotatable bonds is 0. The van der Waals surface area contributed by atoms with Gasteiger partial charge in [-0.05, 0) is 43.1 Å². The molecular weight excluding hydrogens is 304 g/mol. The summed E-state index contributed by atoms with van der Waals surface area (Å²) in [7, 11) is 0. The third kappa shape index (κ3) is 1.84. The molecule has 0 saturated heterocycles. The first-order chi connectivity index (χ1) is 11.1. The zero-order valence-corrected chi connectivity index (χ0v) is 15.1. The molecule has 4 nitrogen and oxygen atoms in total. The van der Waals surface area contributed by atoms with Crippen molar-refractivity contribution < 1.29 is 19.7 Å². The second kappa shape index (κ2) is 4.73. The van der Waals surface area contributed by atoms with E-state index in [2.05, 4.69) is 20.8 Å². The molecule has 0 amide bonds. The standard InChI is InChI=1S/C20H28O4/c1-11-12-8-13-14(21)9-16-18(2,3)6-5-7-19(16,4)20(13,23)10-15(12)24-17(11)22/h8,14-16,21,23H,5-7,9-10H2,1-4H3/t14-,15+,16+,19+,20-/m0/s1. The zero-order chi connectivity index (χ0) is 17.5. The van der Waals surface area contributed by atoms with Gasteiger partial charge in [-0.2, -0.15) is 0 Å². The molecule has 0 aromatic rings. The monoisotopic (exact) mass is 332 g/mol. The Kier molecular flexibility index (Phi) is 3.22. The van der Waals surface area contributed by atoms with Gasteiger partial charge in [0.25, 0.3) is 0 Å². The molecule has 0 unspecified atom stereocenters. The highest BCUT2D eigenvalue weighted by molar-refractivity contribution is 5.92. The summed E-state index contributed by atoms with van der Waals surface area (Å²) in [5.74, 6) is -0.0473. The van der Waals surface area contributed by atoms with Crippen LogP contribution >= 0.6 is 0 Å². The van der Waals surface area contributed by atoms with Gasteiger partial charge in [0.1, 0.15) is 6.10 Å². The van der Waals surface area contributed by atoms with E-state index in [4.69, 9.17) is 4.74 Å². The Bertz CT molecular complexity index is 673. The lowest BCUT2D eigenvalue weighted by atomic mass is 9.43. The molecule has 132 valence electrons. The van der Waals surface area contributed by atoms with Crippen molar-refractivity contribution in [2.45, 2.75) is 77.6 Å². The molecule has 0 aromatic carbocycles. The molecule has 2 saturated carbocycles. The van der Waals surface area contributed by atoms with Gasteiger partial charge in [-0.25, -0.2) is 4.79 Å². The summed E-state index contributed by atoms with van der Waals surface area (Å²) in [4.78, 5) is 11.9. The molecule has 2 fully saturated rings. The molecule has 0 aromatic heterocycles. The van der Waals surface area contributed by atoms with E-state index in [9.17, 15) is 15.0 Å². The van der Waals surface area contributed by atoms with Crippen LogP contribution in [0.25, 0.3) is 0 Å². The molecule has 3 aliphatic carbocycles. The van der Waals surface area contributed by atoms with E-state index in [0.717, 1.165) is 24.8 Å². The molecule has 4 rings (SSSR count). The average Bonchev–Trinajstić information content (AvgIpc) is 2.75. The van der Waals surface area contributed by atoms with Gasteiger partial charge in [-0.1, -0.05) is 33.3 Å². The van der Waals surface area contributed by atoms with E-state index >= 15 is 0 Å². The minimum absolute atomic E-state index is 0.0909. The molecule has 0 radical (unpaired) electrons. The molecule has 24 heavy (non-hydrogen) atoms. The molecule has 1 heterocycles. The van der Waals surface area contributed by atoms with Gasteiger partial charge in [0, 0.05) is 23.0 Å². The van der Waals surface area contributed by atoms with Crippen molar-refractivity contribution in [1.29, 1.82) is 0 Å². The van der Waals surface area contributed by atoms with E-state index in [1.807, 2.05) is 6.08 Å².